The molecule has 112 valence electrons. The maximum atomic E-state index is 5.20. The number of anilines is 1. The van der Waals surface area contributed by atoms with E-state index in [0.29, 0.717) is 0 Å². The molecule has 1 N–H and O–H groups in total. The summed E-state index contributed by atoms with van der Waals surface area (Å²) in [7, 11) is 1.68. The van der Waals surface area contributed by atoms with E-state index < -0.39 is 0 Å². The van der Waals surface area contributed by atoms with E-state index in [0.717, 1.165) is 28.7 Å². The summed E-state index contributed by atoms with van der Waals surface area (Å²) in [5.74, 6) is 0.860. The van der Waals surface area contributed by atoms with E-state index in [9.17, 15) is 0 Å². The van der Waals surface area contributed by atoms with Gasteiger partial charge in [0.1, 0.15) is 5.75 Å². The highest BCUT2D eigenvalue weighted by Crippen LogP contribution is 2.31. The third kappa shape index (κ3) is 3.28. The van der Waals surface area contributed by atoms with Gasteiger partial charge in [0, 0.05) is 17.0 Å². The monoisotopic (exact) mass is 310 g/mol. The average Bonchev–Trinajstić information content (AvgIpc) is 2.95. The Morgan fingerprint density at radius 3 is 2.45 bits per heavy atom. The van der Waals surface area contributed by atoms with Gasteiger partial charge in [-0.2, -0.15) is 0 Å². The van der Waals surface area contributed by atoms with Crippen molar-refractivity contribution in [3.63, 3.8) is 0 Å². The van der Waals surface area contributed by atoms with Gasteiger partial charge in [0.05, 0.1) is 12.8 Å². The summed E-state index contributed by atoms with van der Waals surface area (Å²) in [6.07, 6.45) is 0. The molecule has 3 rings (SSSR count). The highest BCUT2D eigenvalue weighted by Gasteiger charge is 2.09. The molecule has 3 aromatic rings. The fraction of sp³-hybridized carbons (Fsp3) is 0.167. The Kier molecular flexibility index (Phi) is 4.39. The Morgan fingerprint density at radius 2 is 1.77 bits per heavy atom. The molecule has 0 spiro atoms. The average molecular weight is 310 g/mol. The molecule has 22 heavy (non-hydrogen) atoms. The van der Waals surface area contributed by atoms with Crippen molar-refractivity contribution in [3.8, 4) is 17.0 Å². The van der Waals surface area contributed by atoms with Crippen LogP contribution in [0.5, 0.6) is 5.75 Å². The van der Waals surface area contributed by atoms with Crippen molar-refractivity contribution in [2.45, 2.75) is 13.5 Å². The van der Waals surface area contributed by atoms with E-state index in [1.807, 2.05) is 42.5 Å². The zero-order chi connectivity index (χ0) is 15.4. The summed E-state index contributed by atoms with van der Waals surface area (Å²) in [6, 6.07) is 18.4. The number of nitrogens with zero attached hydrogens (tertiary/aromatic N) is 1. The number of benzene rings is 2. The van der Waals surface area contributed by atoms with Gasteiger partial charge in [-0.3, -0.25) is 0 Å². The van der Waals surface area contributed by atoms with E-state index >= 15 is 0 Å². The summed E-state index contributed by atoms with van der Waals surface area (Å²) in [5, 5.41) is 4.35. The van der Waals surface area contributed by atoms with Gasteiger partial charge in [-0.1, -0.05) is 30.3 Å². The van der Waals surface area contributed by atoms with Crippen molar-refractivity contribution >= 4 is 16.5 Å². The normalized spacial score (nSPS) is 10.5. The smallest absolute Gasteiger partial charge is 0.183 e. The predicted octanol–water partition coefficient (Wildman–Crippen LogP) is 4.74. The van der Waals surface area contributed by atoms with E-state index in [1.165, 1.54) is 10.4 Å². The number of methoxy groups -OCH3 is 1. The number of aromatic nitrogens is 1. The van der Waals surface area contributed by atoms with Crippen LogP contribution in [0.2, 0.25) is 0 Å². The number of hydrogen-bond donors (Lipinski definition) is 1. The first-order chi connectivity index (χ1) is 10.8. The molecule has 0 saturated heterocycles. The van der Waals surface area contributed by atoms with Gasteiger partial charge in [0.2, 0.25) is 0 Å². The summed E-state index contributed by atoms with van der Waals surface area (Å²) in [6.45, 7) is 2.89. The Labute approximate surface area is 134 Å². The van der Waals surface area contributed by atoms with Crippen LogP contribution < -0.4 is 10.1 Å². The lowest BCUT2D eigenvalue weighted by Crippen LogP contribution is -1.98. The first-order valence-electron chi connectivity index (χ1n) is 7.16. The fourth-order valence-electron chi connectivity index (χ4n) is 2.26. The van der Waals surface area contributed by atoms with E-state index in [4.69, 9.17) is 9.72 Å². The third-order valence-electron chi connectivity index (χ3n) is 3.45. The van der Waals surface area contributed by atoms with Crippen LogP contribution in [0.3, 0.4) is 0 Å². The summed E-state index contributed by atoms with van der Waals surface area (Å²) < 4.78 is 5.20. The molecule has 0 aliphatic carbocycles. The van der Waals surface area contributed by atoms with E-state index in [-0.39, 0.29) is 0 Å². The molecule has 1 heterocycles. The van der Waals surface area contributed by atoms with Gasteiger partial charge in [-0.25, -0.2) is 4.98 Å². The summed E-state index contributed by atoms with van der Waals surface area (Å²) >= 11 is 1.68. The minimum atomic E-state index is 0.788. The van der Waals surface area contributed by atoms with Gasteiger partial charge in [-0.05, 0) is 36.8 Å². The topological polar surface area (TPSA) is 34.1 Å². The van der Waals surface area contributed by atoms with Crippen molar-refractivity contribution in [3.05, 3.63) is 65.0 Å². The zero-order valence-corrected chi connectivity index (χ0v) is 13.5. The molecule has 0 bridgehead atoms. The summed E-state index contributed by atoms with van der Waals surface area (Å²) in [5.41, 5.74) is 3.40. The van der Waals surface area contributed by atoms with Crippen molar-refractivity contribution in [2.75, 3.05) is 12.4 Å². The Morgan fingerprint density at radius 1 is 1.05 bits per heavy atom. The Balaban J connectivity index is 1.75. The number of hydrogen-bond acceptors (Lipinski definition) is 4. The minimum Gasteiger partial charge on any atom is -0.497 e. The quantitative estimate of drug-likeness (QED) is 0.739. The van der Waals surface area contributed by atoms with Crippen molar-refractivity contribution in [1.29, 1.82) is 0 Å². The zero-order valence-electron chi connectivity index (χ0n) is 12.7. The standard InChI is InChI=1S/C18H18N2OS/c1-13-17(15-8-10-16(21-2)11-9-15)20-18(22-13)19-12-14-6-4-3-5-7-14/h3-11H,12H2,1-2H3,(H,19,20). The maximum Gasteiger partial charge on any atom is 0.183 e. The number of nitrogens with one attached hydrogen (secondary N) is 1. The molecule has 0 aliphatic rings. The lowest BCUT2D eigenvalue weighted by molar-refractivity contribution is 0.415. The Bertz CT molecular complexity index is 736. The molecule has 0 unspecified atom stereocenters. The van der Waals surface area contributed by atoms with Crippen LogP contribution in [0.4, 0.5) is 5.13 Å². The largest absolute Gasteiger partial charge is 0.497 e. The molecule has 0 aliphatic heterocycles. The second kappa shape index (κ2) is 6.62. The van der Waals surface area contributed by atoms with Gasteiger partial charge < -0.3 is 10.1 Å². The first kappa shape index (κ1) is 14.6. The minimum absolute atomic E-state index is 0.788. The highest BCUT2D eigenvalue weighted by molar-refractivity contribution is 7.15. The first-order valence-corrected chi connectivity index (χ1v) is 7.97. The SMILES string of the molecule is COc1ccc(-c2nc(NCc3ccccc3)sc2C)cc1. The lowest BCUT2D eigenvalue weighted by atomic mass is 10.1. The maximum absolute atomic E-state index is 5.20. The third-order valence-corrected chi connectivity index (χ3v) is 4.38. The fourth-order valence-corrected chi connectivity index (χ4v) is 3.09. The van der Waals surface area contributed by atoms with Crippen LogP contribution in [0.25, 0.3) is 11.3 Å². The second-order valence-corrected chi connectivity index (χ2v) is 6.19. The lowest BCUT2D eigenvalue weighted by Gasteiger charge is -2.03. The van der Waals surface area contributed by atoms with E-state index in [1.54, 1.807) is 18.4 Å². The van der Waals surface area contributed by atoms with E-state index in [2.05, 4.69) is 24.4 Å². The van der Waals surface area contributed by atoms with Gasteiger partial charge >= 0.3 is 0 Å². The Hall–Kier alpha value is -2.33. The molecule has 0 radical (unpaired) electrons. The number of thiazole rings is 1. The predicted molar refractivity (Wildman–Crippen MR) is 92.6 cm³/mol. The van der Waals surface area contributed by atoms with Crippen molar-refractivity contribution in [1.82, 2.24) is 4.98 Å². The van der Waals surface area contributed by atoms with Crippen LogP contribution in [0.1, 0.15) is 10.4 Å². The molecular weight excluding hydrogens is 292 g/mol. The van der Waals surface area contributed by atoms with Crippen LogP contribution in [0, 0.1) is 6.92 Å². The second-order valence-electron chi connectivity index (χ2n) is 4.99. The number of aryl methyl sites for hydroxylation is 1. The van der Waals surface area contributed by atoms with Crippen molar-refractivity contribution in [2.24, 2.45) is 0 Å². The molecule has 0 fully saturated rings. The van der Waals surface area contributed by atoms with Crippen molar-refractivity contribution < 1.29 is 4.74 Å². The molecule has 0 atom stereocenters. The molecule has 4 heteroatoms. The van der Waals surface area contributed by atoms with Gasteiger partial charge in [0.25, 0.3) is 0 Å². The van der Waals surface area contributed by atoms with Crippen LogP contribution in [0.15, 0.2) is 54.6 Å². The molecule has 3 nitrogen and oxygen atoms in total. The molecule has 0 saturated carbocycles. The van der Waals surface area contributed by atoms with Crippen LogP contribution >= 0.6 is 11.3 Å². The number of ether oxygens (including phenoxy) is 1. The number of rotatable bonds is 5. The van der Waals surface area contributed by atoms with Gasteiger partial charge in [-0.15, -0.1) is 11.3 Å². The van der Waals surface area contributed by atoms with Gasteiger partial charge in [0.15, 0.2) is 5.13 Å². The highest BCUT2D eigenvalue weighted by atomic mass is 32.1. The van der Waals surface area contributed by atoms with Crippen LogP contribution in [-0.2, 0) is 6.54 Å². The molecule has 2 aromatic carbocycles. The molecule has 1 aromatic heterocycles. The molecule has 0 amide bonds. The summed E-state index contributed by atoms with van der Waals surface area (Å²) in [4.78, 5) is 5.93. The molecular formula is C18H18N2OS. The van der Waals surface area contributed by atoms with Crippen LogP contribution in [-0.4, -0.2) is 12.1 Å².